The van der Waals surface area contributed by atoms with Crippen LogP contribution in [0.3, 0.4) is 0 Å². The average Bonchev–Trinajstić information content (AvgIpc) is 3.41. The summed E-state index contributed by atoms with van der Waals surface area (Å²) in [6.07, 6.45) is 3.28. The molecule has 1 aromatic heterocycles. The predicted molar refractivity (Wildman–Crippen MR) is 135 cm³/mol. The molecule has 186 valence electrons. The number of hydrogen-bond donors (Lipinski definition) is 2. The van der Waals surface area contributed by atoms with E-state index >= 15 is 0 Å². The number of nitrogens with zero attached hydrogens (tertiary/aromatic N) is 4. The quantitative estimate of drug-likeness (QED) is 0.413. The van der Waals surface area contributed by atoms with Crippen LogP contribution in [-0.2, 0) is 10.0 Å². The summed E-state index contributed by atoms with van der Waals surface area (Å²) < 4.78 is 28.9. The van der Waals surface area contributed by atoms with Crippen LogP contribution in [0, 0.1) is 0 Å². The fraction of sp³-hybridized carbons (Fsp3) is 0.440. The molecule has 0 saturated carbocycles. The number of carbonyl (C=O) groups excluding carboxylic acids is 1. The highest BCUT2D eigenvalue weighted by Crippen LogP contribution is 2.30. The van der Waals surface area contributed by atoms with Crippen LogP contribution in [0.2, 0.25) is 0 Å². The Morgan fingerprint density at radius 2 is 1.80 bits per heavy atom. The van der Waals surface area contributed by atoms with Gasteiger partial charge in [0.2, 0.25) is 15.8 Å². The number of nitrogens with one attached hydrogen (secondary N) is 2. The van der Waals surface area contributed by atoms with Gasteiger partial charge in [-0.1, -0.05) is 68.3 Å². The van der Waals surface area contributed by atoms with E-state index < -0.39 is 21.3 Å². The summed E-state index contributed by atoms with van der Waals surface area (Å²) in [4.78, 5) is 15.5. The zero-order chi connectivity index (χ0) is 24.8. The van der Waals surface area contributed by atoms with Gasteiger partial charge in [0.05, 0.1) is 11.3 Å². The number of aromatic amines is 1. The van der Waals surface area contributed by atoms with E-state index in [1.807, 2.05) is 50.4 Å². The number of piperidine rings is 1. The molecular weight excluding hydrogens is 464 g/mol. The van der Waals surface area contributed by atoms with E-state index in [-0.39, 0.29) is 5.78 Å². The largest absolute Gasteiger partial charge is 0.306 e. The van der Waals surface area contributed by atoms with Crippen molar-refractivity contribution in [2.24, 2.45) is 0 Å². The third-order valence-corrected chi connectivity index (χ3v) is 8.53. The van der Waals surface area contributed by atoms with Crippen LogP contribution in [-0.4, -0.2) is 71.2 Å². The standard InChI is InChI=1S/C25H32N6O3S/c1-3-4-9-23(28-35(33,34)20-14-16-31(2)17-15-20)24(32)19-12-10-18(11-13-19)21-7-5-6-8-22(21)25-26-29-30-27-25/h5-8,10-13,20,23,28H,3-4,9,14-17H2,1-2H3,(H,26,27,29,30). The van der Waals surface area contributed by atoms with E-state index in [1.54, 1.807) is 12.1 Å². The van der Waals surface area contributed by atoms with Crippen LogP contribution in [0.1, 0.15) is 49.4 Å². The minimum Gasteiger partial charge on any atom is -0.306 e. The molecule has 2 heterocycles. The van der Waals surface area contributed by atoms with Crippen molar-refractivity contribution in [3.05, 3.63) is 54.1 Å². The Hall–Kier alpha value is -2.95. The van der Waals surface area contributed by atoms with E-state index in [0.29, 0.717) is 30.7 Å². The second-order valence-corrected chi connectivity index (χ2v) is 11.1. The first-order valence-corrected chi connectivity index (χ1v) is 13.6. The van der Waals surface area contributed by atoms with Crippen molar-refractivity contribution in [1.82, 2.24) is 30.2 Å². The van der Waals surface area contributed by atoms with Gasteiger partial charge in [-0.15, -0.1) is 10.2 Å². The molecule has 2 aromatic carbocycles. The van der Waals surface area contributed by atoms with Crippen LogP contribution >= 0.6 is 0 Å². The number of unbranched alkanes of at least 4 members (excludes halogenated alkanes) is 1. The van der Waals surface area contributed by atoms with Gasteiger partial charge in [-0.3, -0.25) is 4.79 Å². The Morgan fingerprint density at radius 1 is 1.11 bits per heavy atom. The highest BCUT2D eigenvalue weighted by atomic mass is 32.2. The molecule has 1 fully saturated rings. The van der Waals surface area contributed by atoms with Crippen LogP contribution < -0.4 is 4.72 Å². The maximum atomic E-state index is 13.4. The van der Waals surface area contributed by atoms with Crippen molar-refractivity contribution in [2.45, 2.75) is 50.3 Å². The third-order valence-electron chi connectivity index (χ3n) is 6.57. The van der Waals surface area contributed by atoms with Crippen molar-refractivity contribution in [1.29, 1.82) is 0 Å². The van der Waals surface area contributed by atoms with Crippen LogP contribution in [0.15, 0.2) is 48.5 Å². The van der Waals surface area contributed by atoms with Crippen LogP contribution in [0.25, 0.3) is 22.5 Å². The zero-order valence-corrected chi connectivity index (χ0v) is 21.0. The Kier molecular flexibility index (Phi) is 8.04. The lowest BCUT2D eigenvalue weighted by Crippen LogP contribution is -2.48. The number of rotatable bonds is 10. The van der Waals surface area contributed by atoms with E-state index in [2.05, 4.69) is 30.2 Å². The fourth-order valence-electron chi connectivity index (χ4n) is 4.46. The smallest absolute Gasteiger partial charge is 0.215 e. The summed E-state index contributed by atoms with van der Waals surface area (Å²) in [7, 11) is -1.60. The molecule has 1 saturated heterocycles. The molecule has 0 amide bonds. The summed E-state index contributed by atoms with van der Waals surface area (Å²) in [5.74, 6) is 0.289. The van der Waals surface area contributed by atoms with E-state index in [4.69, 9.17) is 0 Å². The van der Waals surface area contributed by atoms with Crippen LogP contribution in [0.4, 0.5) is 0 Å². The third kappa shape index (κ3) is 6.01. The van der Waals surface area contributed by atoms with Gasteiger partial charge >= 0.3 is 0 Å². The number of sulfonamides is 1. The van der Waals surface area contributed by atoms with Crippen molar-refractivity contribution in [2.75, 3.05) is 20.1 Å². The van der Waals surface area contributed by atoms with Gasteiger partial charge in [-0.25, -0.2) is 13.1 Å². The molecule has 0 bridgehead atoms. The van der Waals surface area contributed by atoms with Gasteiger partial charge in [0.25, 0.3) is 0 Å². The summed E-state index contributed by atoms with van der Waals surface area (Å²) in [5, 5.41) is 13.8. The first kappa shape index (κ1) is 25.2. The van der Waals surface area contributed by atoms with E-state index in [1.165, 1.54) is 0 Å². The lowest BCUT2D eigenvalue weighted by molar-refractivity contribution is 0.0947. The average molecular weight is 497 g/mol. The Bertz CT molecular complexity index is 1220. The molecule has 2 N–H and O–H groups in total. The molecule has 0 aliphatic carbocycles. The molecule has 1 atom stereocenters. The van der Waals surface area contributed by atoms with E-state index in [9.17, 15) is 13.2 Å². The molecule has 4 rings (SSSR count). The number of H-pyrrole nitrogens is 1. The van der Waals surface area contributed by atoms with Crippen molar-refractivity contribution in [3.8, 4) is 22.5 Å². The number of carbonyl (C=O) groups is 1. The SMILES string of the molecule is CCCCC(NS(=O)(=O)C1CCN(C)CC1)C(=O)c1ccc(-c2ccccc2-c2nn[nH]n2)cc1. The zero-order valence-electron chi connectivity index (χ0n) is 20.1. The number of hydrogen-bond acceptors (Lipinski definition) is 7. The summed E-state index contributed by atoms with van der Waals surface area (Å²) >= 11 is 0. The molecule has 1 aliphatic rings. The summed E-state index contributed by atoms with van der Waals surface area (Å²) in [6.45, 7) is 3.51. The molecule has 35 heavy (non-hydrogen) atoms. The maximum Gasteiger partial charge on any atom is 0.215 e. The number of likely N-dealkylation sites (tertiary alicyclic amines) is 1. The van der Waals surface area contributed by atoms with E-state index in [0.717, 1.165) is 42.6 Å². The summed E-state index contributed by atoms with van der Waals surface area (Å²) in [6, 6.07) is 14.2. The van der Waals surface area contributed by atoms with Gasteiger partial charge in [0.1, 0.15) is 0 Å². The number of aromatic nitrogens is 4. The fourth-order valence-corrected chi connectivity index (χ4v) is 6.11. The van der Waals surface area contributed by atoms with Crippen molar-refractivity contribution < 1.29 is 13.2 Å². The minimum absolute atomic E-state index is 0.201. The van der Waals surface area contributed by atoms with Gasteiger partial charge in [-0.05, 0) is 55.7 Å². The Labute approximate surface area is 206 Å². The maximum absolute atomic E-state index is 13.4. The second kappa shape index (κ2) is 11.2. The summed E-state index contributed by atoms with van der Waals surface area (Å²) in [5.41, 5.74) is 3.13. The lowest BCUT2D eigenvalue weighted by atomic mass is 9.95. The number of ketones is 1. The highest BCUT2D eigenvalue weighted by Gasteiger charge is 2.33. The molecule has 1 aliphatic heterocycles. The van der Waals surface area contributed by atoms with Gasteiger partial charge in [0.15, 0.2) is 5.78 Å². The van der Waals surface area contributed by atoms with Gasteiger partial charge in [0, 0.05) is 11.1 Å². The van der Waals surface area contributed by atoms with Crippen molar-refractivity contribution in [3.63, 3.8) is 0 Å². The van der Waals surface area contributed by atoms with Crippen LogP contribution in [0.5, 0.6) is 0 Å². The normalized spacial score (nSPS) is 16.3. The molecule has 9 nitrogen and oxygen atoms in total. The number of Topliss-reactive ketones (excluding diaryl/α,β-unsaturated/α-hetero) is 1. The first-order valence-electron chi connectivity index (χ1n) is 12.1. The Balaban J connectivity index is 1.54. The predicted octanol–water partition coefficient (Wildman–Crippen LogP) is 3.29. The first-order chi connectivity index (χ1) is 16.9. The monoisotopic (exact) mass is 496 g/mol. The Morgan fingerprint density at radius 3 is 2.43 bits per heavy atom. The molecule has 10 heteroatoms. The second-order valence-electron chi connectivity index (χ2n) is 9.08. The number of benzene rings is 2. The molecule has 1 unspecified atom stereocenters. The molecule has 0 spiro atoms. The molecule has 0 radical (unpaired) electrons. The lowest BCUT2D eigenvalue weighted by Gasteiger charge is -2.30. The highest BCUT2D eigenvalue weighted by molar-refractivity contribution is 7.90. The number of tetrazole rings is 1. The van der Waals surface area contributed by atoms with Gasteiger partial charge < -0.3 is 4.90 Å². The minimum atomic E-state index is -3.59. The topological polar surface area (TPSA) is 121 Å². The molecule has 3 aromatic rings. The molecular formula is C25H32N6O3S. The van der Waals surface area contributed by atoms with Gasteiger partial charge in [-0.2, -0.15) is 5.21 Å². The van der Waals surface area contributed by atoms with Crippen molar-refractivity contribution >= 4 is 15.8 Å².